The summed E-state index contributed by atoms with van der Waals surface area (Å²) >= 11 is 0. The van der Waals surface area contributed by atoms with E-state index in [2.05, 4.69) is 15.2 Å². The summed E-state index contributed by atoms with van der Waals surface area (Å²) in [4.78, 5) is 3.79. The third-order valence-electron chi connectivity index (χ3n) is 1.89. The number of hydrogen-bond donors (Lipinski definition) is 2. The predicted molar refractivity (Wildman–Crippen MR) is 48.2 cm³/mol. The first-order valence-corrected chi connectivity index (χ1v) is 3.93. The van der Waals surface area contributed by atoms with Crippen molar-refractivity contribution in [3.05, 3.63) is 30.2 Å². The molecule has 66 valence electrons. The number of aromatic hydroxyl groups is 1. The van der Waals surface area contributed by atoms with Crippen molar-refractivity contribution in [3.63, 3.8) is 0 Å². The fourth-order valence-corrected chi connectivity index (χ4v) is 1.20. The van der Waals surface area contributed by atoms with E-state index in [0.717, 1.165) is 16.8 Å². The van der Waals surface area contributed by atoms with Crippen LogP contribution >= 0.6 is 0 Å². The van der Waals surface area contributed by atoms with Crippen molar-refractivity contribution < 1.29 is 5.11 Å². The lowest BCUT2D eigenvalue weighted by Gasteiger charge is -1.97. The van der Waals surface area contributed by atoms with Crippen molar-refractivity contribution in [2.75, 3.05) is 0 Å². The van der Waals surface area contributed by atoms with Gasteiger partial charge in [0.2, 0.25) is 5.88 Å². The van der Waals surface area contributed by atoms with E-state index in [-0.39, 0.29) is 5.88 Å². The summed E-state index contributed by atoms with van der Waals surface area (Å²) in [6, 6.07) is 3.36. The number of aryl methyl sites for hydroxylation is 1. The summed E-state index contributed by atoms with van der Waals surface area (Å²) in [5.74, 6) is 0.0323. The standard InChI is InChI=1S/C9H9N3O/c1-6-8(5-11-12-6)7-2-3-9(13)10-4-7/h2-5H,1H3,(H,10,13)(H,11,12). The smallest absolute Gasteiger partial charge is 0.210 e. The lowest BCUT2D eigenvalue weighted by Crippen LogP contribution is -1.80. The Morgan fingerprint density at radius 3 is 2.77 bits per heavy atom. The van der Waals surface area contributed by atoms with Crippen LogP contribution in [0.5, 0.6) is 5.88 Å². The van der Waals surface area contributed by atoms with Crippen molar-refractivity contribution in [1.29, 1.82) is 0 Å². The molecule has 0 radical (unpaired) electrons. The fraction of sp³-hybridized carbons (Fsp3) is 0.111. The van der Waals surface area contributed by atoms with Crippen LogP contribution in [0.25, 0.3) is 11.1 Å². The minimum absolute atomic E-state index is 0.0323. The highest BCUT2D eigenvalue weighted by atomic mass is 16.3. The van der Waals surface area contributed by atoms with Gasteiger partial charge in [-0.25, -0.2) is 4.98 Å². The maximum absolute atomic E-state index is 8.99. The molecule has 4 heteroatoms. The van der Waals surface area contributed by atoms with Crippen LogP contribution in [-0.4, -0.2) is 20.3 Å². The summed E-state index contributed by atoms with van der Waals surface area (Å²) in [7, 11) is 0. The number of hydrogen-bond acceptors (Lipinski definition) is 3. The van der Waals surface area contributed by atoms with E-state index in [1.807, 2.05) is 13.1 Å². The van der Waals surface area contributed by atoms with Gasteiger partial charge in [-0.05, 0) is 13.0 Å². The van der Waals surface area contributed by atoms with Crippen LogP contribution in [-0.2, 0) is 0 Å². The SMILES string of the molecule is Cc1n[nH]cc1-c1ccc(O)nc1. The van der Waals surface area contributed by atoms with Crippen LogP contribution in [0.3, 0.4) is 0 Å². The molecule has 0 aromatic carbocycles. The van der Waals surface area contributed by atoms with Crippen LogP contribution < -0.4 is 0 Å². The molecule has 0 bridgehead atoms. The van der Waals surface area contributed by atoms with E-state index >= 15 is 0 Å². The van der Waals surface area contributed by atoms with Gasteiger partial charge in [0.15, 0.2) is 0 Å². The summed E-state index contributed by atoms with van der Waals surface area (Å²) in [5, 5.41) is 15.8. The molecule has 2 heterocycles. The van der Waals surface area contributed by atoms with Crippen LogP contribution in [0.15, 0.2) is 24.5 Å². The second-order valence-corrected chi connectivity index (χ2v) is 2.79. The molecule has 0 aliphatic heterocycles. The Balaban J connectivity index is 2.47. The second-order valence-electron chi connectivity index (χ2n) is 2.79. The van der Waals surface area contributed by atoms with E-state index in [1.54, 1.807) is 18.3 Å². The Kier molecular flexibility index (Phi) is 1.73. The zero-order chi connectivity index (χ0) is 9.26. The molecule has 0 spiro atoms. The Hall–Kier alpha value is -1.84. The number of nitrogens with one attached hydrogen (secondary N) is 1. The average molecular weight is 175 g/mol. The number of nitrogens with zero attached hydrogens (tertiary/aromatic N) is 2. The quantitative estimate of drug-likeness (QED) is 0.690. The molecule has 2 aromatic heterocycles. The van der Waals surface area contributed by atoms with Gasteiger partial charge in [0.05, 0.1) is 5.69 Å². The monoisotopic (exact) mass is 175 g/mol. The summed E-state index contributed by atoms with van der Waals surface area (Å²) in [6.07, 6.45) is 3.43. The van der Waals surface area contributed by atoms with Gasteiger partial charge in [-0.3, -0.25) is 5.10 Å². The van der Waals surface area contributed by atoms with Crippen molar-refractivity contribution in [2.45, 2.75) is 6.92 Å². The molecule has 4 nitrogen and oxygen atoms in total. The van der Waals surface area contributed by atoms with E-state index < -0.39 is 0 Å². The molecule has 0 atom stereocenters. The lowest BCUT2D eigenvalue weighted by atomic mass is 10.1. The molecule has 0 aliphatic carbocycles. The molecular formula is C9H9N3O. The first-order valence-electron chi connectivity index (χ1n) is 3.93. The highest BCUT2D eigenvalue weighted by molar-refractivity contribution is 5.63. The van der Waals surface area contributed by atoms with Crippen LogP contribution in [0.1, 0.15) is 5.69 Å². The first kappa shape index (κ1) is 7.79. The van der Waals surface area contributed by atoms with Gasteiger partial charge in [0.1, 0.15) is 0 Å². The molecule has 0 unspecified atom stereocenters. The van der Waals surface area contributed by atoms with Crippen molar-refractivity contribution in [3.8, 4) is 17.0 Å². The van der Waals surface area contributed by atoms with E-state index in [9.17, 15) is 0 Å². The number of aromatic nitrogens is 3. The largest absolute Gasteiger partial charge is 0.493 e. The minimum Gasteiger partial charge on any atom is -0.493 e. The summed E-state index contributed by atoms with van der Waals surface area (Å²) in [6.45, 7) is 1.92. The van der Waals surface area contributed by atoms with Crippen LogP contribution in [0, 0.1) is 6.92 Å². The molecule has 0 saturated heterocycles. The molecule has 2 rings (SSSR count). The zero-order valence-electron chi connectivity index (χ0n) is 7.15. The van der Waals surface area contributed by atoms with Gasteiger partial charge in [0, 0.05) is 29.6 Å². The third kappa shape index (κ3) is 1.38. The van der Waals surface area contributed by atoms with Crippen LogP contribution in [0.2, 0.25) is 0 Å². The number of aromatic amines is 1. The summed E-state index contributed by atoms with van der Waals surface area (Å²) in [5.41, 5.74) is 2.88. The Labute approximate surface area is 75.3 Å². The van der Waals surface area contributed by atoms with Crippen LogP contribution in [0.4, 0.5) is 0 Å². The molecule has 0 fully saturated rings. The average Bonchev–Trinajstić information content (AvgIpc) is 2.53. The van der Waals surface area contributed by atoms with E-state index in [1.165, 1.54) is 0 Å². The number of pyridine rings is 1. The highest BCUT2D eigenvalue weighted by Gasteiger charge is 2.03. The van der Waals surface area contributed by atoms with Crippen molar-refractivity contribution in [2.24, 2.45) is 0 Å². The maximum atomic E-state index is 8.99. The maximum Gasteiger partial charge on any atom is 0.210 e. The minimum atomic E-state index is 0.0323. The van der Waals surface area contributed by atoms with E-state index in [4.69, 9.17) is 5.11 Å². The van der Waals surface area contributed by atoms with Crippen molar-refractivity contribution >= 4 is 0 Å². The fourth-order valence-electron chi connectivity index (χ4n) is 1.20. The lowest BCUT2D eigenvalue weighted by molar-refractivity contribution is 0.453. The van der Waals surface area contributed by atoms with Gasteiger partial charge in [-0.2, -0.15) is 5.10 Å². The summed E-state index contributed by atoms with van der Waals surface area (Å²) < 4.78 is 0. The predicted octanol–water partition coefficient (Wildman–Crippen LogP) is 1.49. The van der Waals surface area contributed by atoms with Gasteiger partial charge >= 0.3 is 0 Å². The Morgan fingerprint density at radius 2 is 2.23 bits per heavy atom. The number of rotatable bonds is 1. The molecule has 0 amide bonds. The highest BCUT2D eigenvalue weighted by Crippen LogP contribution is 2.21. The van der Waals surface area contributed by atoms with E-state index in [0.29, 0.717) is 0 Å². The Bertz CT molecular complexity index is 405. The topological polar surface area (TPSA) is 61.8 Å². The van der Waals surface area contributed by atoms with Crippen molar-refractivity contribution in [1.82, 2.24) is 15.2 Å². The van der Waals surface area contributed by atoms with Gasteiger partial charge < -0.3 is 5.11 Å². The van der Waals surface area contributed by atoms with Gasteiger partial charge in [-0.1, -0.05) is 0 Å². The molecule has 2 aromatic rings. The van der Waals surface area contributed by atoms with Gasteiger partial charge in [0.25, 0.3) is 0 Å². The molecule has 13 heavy (non-hydrogen) atoms. The normalized spacial score (nSPS) is 10.2. The Morgan fingerprint density at radius 1 is 1.38 bits per heavy atom. The molecule has 0 saturated carbocycles. The zero-order valence-corrected chi connectivity index (χ0v) is 7.15. The number of H-pyrrole nitrogens is 1. The second kappa shape index (κ2) is 2.90. The molecular weight excluding hydrogens is 166 g/mol. The first-order chi connectivity index (χ1) is 6.27. The van der Waals surface area contributed by atoms with Gasteiger partial charge in [-0.15, -0.1) is 0 Å². The molecule has 0 aliphatic rings. The molecule has 2 N–H and O–H groups in total. The third-order valence-corrected chi connectivity index (χ3v) is 1.89.